The van der Waals surface area contributed by atoms with Gasteiger partial charge in [-0.05, 0) is 0 Å². The fourth-order valence-electron chi connectivity index (χ4n) is 0.225. The van der Waals surface area contributed by atoms with E-state index in [1.165, 1.54) is 0 Å². The van der Waals surface area contributed by atoms with Gasteiger partial charge in [0.15, 0.2) is 21.2 Å². The molecule has 6 heteroatoms. The average molecular weight is 258 g/mol. The molecule has 0 heterocycles. The number of aliphatic carboxylic acids is 2. The lowest BCUT2D eigenvalue weighted by Crippen LogP contribution is -1.97. The minimum absolute atomic E-state index is 0.433. The van der Waals surface area contributed by atoms with E-state index < -0.39 is 36.7 Å². The minimum atomic E-state index is -1.90. The van der Waals surface area contributed by atoms with Crippen molar-refractivity contribution in [1.82, 2.24) is 0 Å². The Morgan fingerprint density at radius 3 is 1.90 bits per heavy atom. The number of hydrogen-bond donors (Lipinski definition) is 2. The lowest BCUT2D eigenvalue weighted by Gasteiger charge is -1.84. The van der Waals surface area contributed by atoms with Crippen LogP contribution in [0.5, 0.6) is 0 Å². The Morgan fingerprint density at radius 2 is 1.80 bits per heavy atom. The zero-order chi connectivity index (χ0) is 8.15. The normalized spacial score (nSPS) is 11.0. The highest BCUT2D eigenvalue weighted by molar-refractivity contribution is 14.2. The second-order valence-electron chi connectivity index (χ2n) is 1.21. The van der Waals surface area contributed by atoms with Gasteiger partial charge in [0, 0.05) is 6.08 Å². The monoisotopic (exact) mass is 258 g/mol. The zero-order valence-electron chi connectivity index (χ0n) is 4.57. The van der Waals surface area contributed by atoms with E-state index in [4.69, 9.17) is 10.2 Å². The van der Waals surface area contributed by atoms with E-state index >= 15 is 0 Å². The van der Waals surface area contributed by atoms with E-state index in [0.29, 0.717) is 6.08 Å². The van der Waals surface area contributed by atoms with Crippen LogP contribution in [0, 0.1) is 0 Å². The van der Waals surface area contributed by atoms with E-state index in [1.807, 2.05) is 0 Å². The van der Waals surface area contributed by atoms with Crippen LogP contribution >= 0.6 is 21.2 Å². The Bertz CT molecular complexity index is 206. The number of halogens is 1. The lowest BCUT2D eigenvalue weighted by molar-refractivity contribution is -0.134. The highest BCUT2D eigenvalue weighted by Gasteiger charge is 2.08. The Balaban J connectivity index is 4.49. The number of hydrogen-bond acceptors (Lipinski definition) is 3. The maximum atomic E-state index is 10.0. The van der Waals surface area contributed by atoms with Crippen LogP contribution in [-0.2, 0) is 12.7 Å². The van der Waals surface area contributed by atoms with E-state index in [9.17, 15) is 12.7 Å². The Labute approximate surface area is 66.0 Å². The van der Waals surface area contributed by atoms with Crippen molar-refractivity contribution in [2.45, 2.75) is 0 Å². The Kier molecular flexibility index (Phi) is 3.77. The van der Waals surface area contributed by atoms with Crippen LogP contribution < -0.4 is 0 Å². The molecule has 0 bridgehead atoms. The van der Waals surface area contributed by atoms with Gasteiger partial charge >= 0.3 is 11.9 Å². The van der Waals surface area contributed by atoms with E-state index in [1.54, 1.807) is 0 Å². The maximum Gasteiger partial charge on any atom is 0.344 e. The molecule has 0 aliphatic carbocycles. The quantitative estimate of drug-likeness (QED) is 0.563. The molecular formula is C4H3IO5. The van der Waals surface area contributed by atoms with E-state index in [0.717, 1.165) is 0 Å². The molecule has 2 N–H and O–H groups in total. The largest absolute Gasteiger partial charge is 0.478 e. The molecule has 0 fully saturated rings. The standard InChI is InChI=1S/C4H3IO5/c6-3(7)1-2(5-10)4(8)9/h1H,(H,6,7)(H,8,9). The van der Waals surface area contributed by atoms with Crippen LogP contribution in [0.2, 0.25) is 0 Å². The summed E-state index contributed by atoms with van der Waals surface area (Å²) in [6.45, 7) is 0. The summed E-state index contributed by atoms with van der Waals surface area (Å²) < 4.78 is 9.47. The van der Waals surface area contributed by atoms with Crippen molar-refractivity contribution in [1.29, 1.82) is 0 Å². The molecule has 0 aliphatic rings. The smallest absolute Gasteiger partial charge is 0.344 e. The molecule has 0 aromatic rings. The van der Waals surface area contributed by atoms with Crippen LogP contribution in [-0.4, -0.2) is 22.2 Å². The molecule has 0 radical (unpaired) electrons. The van der Waals surface area contributed by atoms with Crippen molar-refractivity contribution in [3.63, 3.8) is 0 Å². The highest BCUT2D eigenvalue weighted by Crippen LogP contribution is 2.11. The molecule has 0 aromatic carbocycles. The zero-order valence-corrected chi connectivity index (χ0v) is 6.73. The first-order chi connectivity index (χ1) is 4.57. The van der Waals surface area contributed by atoms with Gasteiger partial charge in [-0.3, -0.25) is 3.07 Å². The first-order valence-electron chi connectivity index (χ1n) is 2.03. The van der Waals surface area contributed by atoms with Gasteiger partial charge in [0.25, 0.3) is 0 Å². The summed E-state index contributed by atoms with van der Waals surface area (Å²) in [5.74, 6) is -2.84. The van der Waals surface area contributed by atoms with Gasteiger partial charge in [-0.15, -0.1) is 0 Å². The third-order valence-electron chi connectivity index (χ3n) is 0.538. The molecule has 0 aliphatic heterocycles. The average Bonchev–Trinajstić information content (AvgIpc) is 1.81. The molecule has 0 spiro atoms. The summed E-state index contributed by atoms with van der Waals surface area (Å²) >= 11 is -1.90. The van der Waals surface area contributed by atoms with Gasteiger partial charge in [0.2, 0.25) is 0 Å². The SMILES string of the molecule is O=IC(=CC(=O)O)C(=O)O. The Hall–Kier alpha value is -0.790. The van der Waals surface area contributed by atoms with Gasteiger partial charge in [0.05, 0.1) is 0 Å². The third-order valence-corrected chi connectivity index (χ3v) is 1.78. The summed E-state index contributed by atoms with van der Waals surface area (Å²) in [6.07, 6.45) is 0.433. The van der Waals surface area contributed by atoms with Gasteiger partial charge < -0.3 is 10.2 Å². The summed E-state index contributed by atoms with van der Waals surface area (Å²) in [7, 11) is 0. The number of carbonyl (C=O) groups is 2. The molecule has 5 nitrogen and oxygen atoms in total. The number of rotatable bonds is 3. The molecule has 0 atom stereocenters. The van der Waals surface area contributed by atoms with E-state index in [2.05, 4.69) is 0 Å². The summed E-state index contributed by atoms with van der Waals surface area (Å²) in [5.41, 5.74) is 0. The number of carboxylic acids is 2. The first-order valence-corrected chi connectivity index (χ1v) is 3.99. The molecule has 0 rings (SSSR count). The van der Waals surface area contributed by atoms with Gasteiger partial charge in [0.1, 0.15) is 3.58 Å². The fraction of sp³-hybridized carbons (Fsp3) is 0. The number of carboxylic acid groups (broad SMARTS) is 2. The van der Waals surface area contributed by atoms with Crippen LogP contribution in [0.1, 0.15) is 0 Å². The second-order valence-corrected chi connectivity index (χ2v) is 2.82. The lowest BCUT2D eigenvalue weighted by atomic mass is 10.5. The van der Waals surface area contributed by atoms with Gasteiger partial charge in [-0.25, -0.2) is 9.59 Å². The third kappa shape index (κ3) is 3.28. The molecule has 0 unspecified atom stereocenters. The molecule has 0 aromatic heterocycles. The summed E-state index contributed by atoms with van der Waals surface area (Å²) in [6, 6.07) is 0. The van der Waals surface area contributed by atoms with Crippen LogP contribution in [0.25, 0.3) is 0 Å². The first kappa shape index (κ1) is 9.21. The van der Waals surface area contributed by atoms with Crippen molar-refractivity contribution in [2.24, 2.45) is 0 Å². The van der Waals surface area contributed by atoms with Crippen molar-refractivity contribution >= 4 is 33.1 Å². The fourth-order valence-corrected chi connectivity index (χ4v) is 0.807. The molecule has 10 heavy (non-hydrogen) atoms. The van der Waals surface area contributed by atoms with E-state index in [-0.39, 0.29) is 0 Å². The predicted molar refractivity (Wildman–Crippen MR) is 38.1 cm³/mol. The van der Waals surface area contributed by atoms with Crippen molar-refractivity contribution < 1.29 is 22.9 Å². The van der Waals surface area contributed by atoms with Crippen LogP contribution in [0.4, 0.5) is 0 Å². The summed E-state index contributed by atoms with van der Waals surface area (Å²) in [4.78, 5) is 19.8. The predicted octanol–water partition coefficient (Wildman–Crippen LogP) is 0.356. The Morgan fingerprint density at radius 1 is 1.30 bits per heavy atom. The summed E-state index contributed by atoms with van der Waals surface area (Å²) in [5, 5.41) is 16.1. The van der Waals surface area contributed by atoms with Crippen molar-refractivity contribution in [3.8, 4) is 0 Å². The van der Waals surface area contributed by atoms with Crippen molar-refractivity contribution in [2.75, 3.05) is 0 Å². The topological polar surface area (TPSA) is 91.7 Å². The van der Waals surface area contributed by atoms with Crippen LogP contribution in [0.3, 0.4) is 0 Å². The van der Waals surface area contributed by atoms with Gasteiger partial charge in [-0.1, -0.05) is 0 Å². The second kappa shape index (κ2) is 4.09. The molecule has 0 saturated heterocycles. The maximum absolute atomic E-state index is 10.0. The molecule has 56 valence electrons. The van der Waals surface area contributed by atoms with Crippen LogP contribution in [0.15, 0.2) is 9.66 Å². The minimum Gasteiger partial charge on any atom is -0.478 e. The highest BCUT2D eigenvalue weighted by atomic mass is 127. The molecular weight excluding hydrogens is 255 g/mol. The van der Waals surface area contributed by atoms with Gasteiger partial charge in [-0.2, -0.15) is 0 Å². The van der Waals surface area contributed by atoms with Crippen molar-refractivity contribution in [3.05, 3.63) is 9.66 Å². The molecule has 0 saturated carbocycles. The molecule has 0 amide bonds.